The molecule has 2 rings (SSSR count). The molecule has 0 radical (unpaired) electrons. The number of aromatic nitrogens is 1. The Morgan fingerprint density at radius 2 is 2.62 bits per heavy atom. The van der Waals surface area contributed by atoms with Gasteiger partial charge in [0.15, 0.2) is 0 Å². The van der Waals surface area contributed by atoms with Gasteiger partial charge in [-0.3, -0.25) is 0 Å². The van der Waals surface area contributed by atoms with Crippen molar-refractivity contribution in [2.24, 2.45) is 5.73 Å². The first kappa shape index (κ1) is 9.12. The van der Waals surface area contributed by atoms with Crippen molar-refractivity contribution in [3.8, 4) is 0 Å². The molecule has 1 aromatic rings. The lowest BCUT2D eigenvalue weighted by atomic mass is 10.2. The maximum atomic E-state index is 5.55. The van der Waals surface area contributed by atoms with Gasteiger partial charge in [0.05, 0.1) is 0 Å². The van der Waals surface area contributed by atoms with Crippen LogP contribution in [0.25, 0.3) is 0 Å². The minimum atomic E-state index is 0.261. The van der Waals surface area contributed by atoms with Crippen LogP contribution < -0.4 is 5.73 Å². The van der Waals surface area contributed by atoms with E-state index < -0.39 is 0 Å². The molecule has 0 amide bonds. The molecule has 1 fully saturated rings. The summed E-state index contributed by atoms with van der Waals surface area (Å²) in [6, 6.07) is 0. The average molecular weight is 198 g/mol. The van der Waals surface area contributed by atoms with Crippen LogP contribution >= 0.6 is 11.3 Å². The molecule has 72 valence electrons. The van der Waals surface area contributed by atoms with Gasteiger partial charge in [0.25, 0.3) is 0 Å². The summed E-state index contributed by atoms with van der Waals surface area (Å²) in [5.74, 6) is 0. The molecule has 0 saturated carbocycles. The lowest BCUT2D eigenvalue weighted by Gasteiger charge is -2.03. The van der Waals surface area contributed by atoms with Gasteiger partial charge in [0, 0.05) is 17.7 Å². The van der Waals surface area contributed by atoms with E-state index in [1.54, 1.807) is 11.3 Å². The van der Waals surface area contributed by atoms with Crippen molar-refractivity contribution < 1.29 is 4.74 Å². The minimum absolute atomic E-state index is 0.261. The number of nitrogens with zero attached hydrogens (tertiary/aromatic N) is 1. The van der Waals surface area contributed by atoms with E-state index in [1.807, 2.05) is 6.20 Å². The predicted molar refractivity (Wildman–Crippen MR) is 52.8 cm³/mol. The van der Waals surface area contributed by atoms with E-state index in [0.717, 1.165) is 30.9 Å². The SMILES string of the molecule is NCCc1cnc(C2CCCO2)s1. The smallest absolute Gasteiger partial charge is 0.122 e. The molecule has 0 bridgehead atoms. The summed E-state index contributed by atoms with van der Waals surface area (Å²) in [4.78, 5) is 5.63. The molecule has 2 N–H and O–H groups in total. The highest BCUT2D eigenvalue weighted by molar-refractivity contribution is 7.11. The molecule has 2 heterocycles. The zero-order valence-corrected chi connectivity index (χ0v) is 8.35. The summed E-state index contributed by atoms with van der Waals surface area (Å²) in [5.41, 5.74) is 5.47. The Kier molecular flexibility index (Phi) is 2.93. The Morgan fingerprint density at radius 1 is 1.69 bits per heavy atom. The van der Waals surface area contributed by atoms with Crippen molar-refractivity contribution in [2.75, 3.05) is 13.2 Å². The Hall–Kier alpha value is -0.450. The zero-order valence-electron chi connectivity index (χ0n) is 7.53. The fourth-order valence-electron chi connectivity index (χ4n) is 1.50. The topological polar surface area (TPSA) is 48.1 Å². The summed E-state index contributed by atoms with van der Waals surface area (Å²) in [6.07, 6.45) is 5.40. The largest absolute Gasteiger partial charge is 0.371 e. The van der Waals surface area contributed by atoms with Crippen LogP contribution in [0.3, 0.4) is 0 Å². The van der Waals surface area contributed by atoms with Gasteiger partial charge in [-0.2, -0.15) is 0 Å². The Labute approximate surface area is 81.9 Å². The Morgan fingerprint density at radius 3 is 3.31 bits per heavy atom. The van der Waals surface area contributed by atoms with Crippen LogP contribution in [0.15, 0.2) is 6.20 Å². The molecule has 0 spiro atoms. The molecule has 1 unspecified atom stereocenters. The third kappa shape index (κ3) is 2.07. The highest BCUT2D eigenvalue weighted by Crippen LogP contribution is 2.31. The molecule has 13 heavy (non-hydrogen) atoms. The first-order valence-corrected chi connectivity index (χ1v) is 5.48. The predicted octanol–water partition coefficient (Wildman–Crippen LogP) is 1.50. The van der Waals surface area contributed by atoms with E-state index in [4.69, 9.17) is 10.5 Å². The summed E-state index contributed by atoms with van der Waals surface area (Å²) in [6.45, 7) is 1.59. The van der Waals surface area contributed by atoms with Gasteiger partial charge in [-0.1, -0.05) is 0 Å². The number of ether oxygens (including phenoxy) is 1. The molecule has 1 atom stereocenters. The summed E-state index contributed by atoms with van der Waals surface area (Å²) < 4.78 is 5.55. The molecule has 0 aliphatic carbocycles. The van der Waals surface area contributed by atoms with Crippen LogP contribution in [0.1, 0.15) is 28.8 Å². The fourth-order valence-corrected chi connectivity index (χ4v) is 2.52. The maximum absolute atomic E-state index is 5.55. The van der Waals surface area contributed by atoms with E-state index in [1.165, 1.54) is 4.88 Å². The number of rotatable bonds is 3. The maximum Gasteiger partial charge on any atom is 0.122 e. The lowest BCUT2D eigenvalue weighted by molar-refractivity contribution is 0.111. The minimum Gasteiger partial charge on any atom is -0.371 e. The standard InChI is InChI=1S/C9H14N2OS/c10-4-3-7-6-11-9(13-7)8-2-1-5-12-8/h6,8H,1-5,10H2. The quantitative estimate of drug-likeness (QED) is 0.800. The van der Waals surface area contributed by atoms with Crippen LogP contribution in [0.2, 0.25) is 0 Å². The van der Waals surface area contributed by atoms with Crippen molar-refractivity contribution in [3.05, 3.63) is 16.1 Å². The van der Waals surface area contributed by atoms with Gasteiger partial charge in [-0.25, -0.2) is 4.98 Å². The first-order valence-electron chi connectivity index (χ1n) is 4.66. The third-order valence-electron chi connectivity index (χ3n) is 2.17. The second-order valence-electron chi connectivity index (χ2n) is 3.21. The number of hydrogen-bond acceptors (Lipinski definition) is 4. The second-order valence-corrected chi connectivity index (χ2v) is 4.35. The van der Waals surface area contributed by atoms with Crippen LogP contribution in [0, 0.1) is 0 Å². The third-order valence-corrected chi connectivity index (χ3v) is 3.32. The van der Waals surface area contributed by atoms with E-state index in [0.29, 0.717) is 6.54 Å². The second kappa shape index (κ2) is 4.17. The van der Waals surface area contributed by atoms with Crippen LogP contribution in [0.4, 0.5) is 0 Å². The van der Waals surface area contributed by atoms with E-state index in [-0.39, 0.29) is 6.10 Å². The van der Waals surface area contributed by atoms with Crippen molar-refractivity contribution in [1.29, 1.82) is 0 Å². The molecule has 1 saturated heterocycles. The normalized spacial score (nSPS) is 22.4. The van der Waals surface area contributed by atoms with Gasteiger partial charge in [-0.15, -0.1) is 11.3 Å². The Bertz CT molecular complexity index is 268. The van der Waals surface area contributed by atoms with E-state index in [9.17, 15) is 0 Å². The molecule has 3 nitrogen and oxygen atoms in total. The van der Waals surface area contributed by atoms with Crippen molar-refractivity contribution in [2.45, 2.75) is 25.4 Å². The summed E-state index contributed by atoms with van der Waals surface area (Å²) in [5, 5.41) is 1.13. The highest BCUT2D eigenvalue weighted by Gasteiger charge is 2.20. The van der Waals surface area contributed by atoms with Crippen molar-refractivity contribution in [3.63, 3.8) is 0 Å². The van der Waals surface area contributed by atoms with Gasteiger partial charge < -0.3 is 10.5 Å². The van der Waals surface area contributed by atoms with Crippen molar-refractivity contribution >= 4 is 11.3 Å². The van der Waals surface area contributed by atoms with Gasteiger partial charge in [-0.05, 0) is 25.8 Å². The average Bonchev–Trinajstić information content (AvgIpc) is 2.70. The Balaban J connectivity index is 2.03. The molecule has 1 aliphatic heterocycles. The number of hydrogen-bond donors (Lipinski definition) is 1. The monoisotopic (exact) mass is 198 g/mol. The van der Waals surface area contributed by atoms with Crippen molar-refractivity contribution in [1.82, 2.24) is 4.98 Å². The molecule has 1 aliphatic rings. The van der Waals surface area contributed by atoms with Crippen LogP contribution in [-0.2, 0) is 11.2 Å². The first-order chi connectivity index (χ1) is 6.40. The molecular formula is C9H14N2OS. The van der Waals surface area contributed by atoms with Crippen LogP contribution in [0.5, 0.6) is 0 Å². The molecule has 1 aromatic heterocycles. The van der Waals surface area contributed by atoms with Gasteiger partial charge in [0.1, 0.15) is 11.1 Å². The van der Waals surface area contributed by atoms with Gasteiger partial charge in [0.2, 0.25) is 0 Å². The highest BCUT2D eigenvalue weighted by atomic mass is 32.1. The van der Waals surface area contributed by atoms with Crippen LogP contribution in [-0.4, -0.2) is 18.1 Å². The van der Waals surface area contributed by atoms with Gasteiger partial charge >= 0.3 is 0 Å². The summed E-state index contributed by atoms with van der Waals surface area (Å²) in [7, 11) is 0. The number of nitrogens with two attached hydrogens (primary N) is 1. The fraction of sp³-hybridized carbons (Fsp3) is 0.667. The van der Waals surface area contributed by atoms with E-state index in [2.05, 4.69) is 4.98 Å². The lowest BCUT2D eigenvalue weighted by Crippen LogP contribution is -2.00. The summed E-state index contributed by atoms with van der Waals surface area (Å²) >= 11 is 1.74. The molecule has 4 heteroatoms. The zero-order chi connectivity index (χ0) is 9.10. The number of thiazole rings is 1. The molecule has 0 aromatic carbocycles. The van der Waals surface area contributed by atoms with E-state index >= 15 is 0 Å². The molecular weight excluding hydrogens is 184 g/mol.